The lowest BCUT2D eigenvalue weighted by Gasteiger charge is -1.98. The summed E-state index contributed by atoms with van der Waals surface area (Å²) >= 11 is 0. The number of benzene rings is 2. The van der Waals surface area contributed by atoms with E-state index < -0.39 is 0 Å². The Balaban J connectivity index is 2.13. The molecule has 0 atom stereocenters. The smallest absolute Gasteiger partial charge is 0.250 e. The van der Waals surface area contributed by atoms with Crippen LogP contribution in [0.25, 0.3) is 11.1 Å². The molecule has 2 aromatic carbocycles. The highest BCUT2D eigenvalue weighted by molar-refractivity contribution is 6.10. The maximum Gasteiger partial charge on any atom is 0.250 e. The van der Waals surface area contributed by atoms with Crippen molar-refractivity contribution in [2.24, 2.45) is 5.16 Å². The average molecular weight is 238 g/mol. The molecular weight excluding hydrogens is 228 g/mol. The van der Waals surface area contributed by atoms with Gasteiger partial charge in [0, 0.05) is 5.56 Å². The Bertz CT molecular complexity index is 669. The van der Waals surface area contributed by atoms with Crippen LogP contribution in [0.15, 0.2) is 64.2 Å². The van der Waals surface area contributed by atoms with Crippen molar-refractivity contribution in [2.45, 2.75) is 0 Å². The molecule has 0 aliphatic carbocycles. The lowest BCUT2D eigenvalue weighted by molar-refractivity contribution is 0.318. The normalized spacial score (nSPS) is 11.9. The second-order valence-electron chi connectivity index (χ2n) is 3.80. The lowest BCUT2D eigenvalue weighted by atomic mass is 10.1. The van der Waals surface area contributed by atoms with Gasteiger partial charge < -0.3 is 9.62 Å². The molecule has 1 aromatic heterocycles. The van der Waals surface area contributed by atoms with Crippen LogP contribution in [0.1, 0.15) is 11.5 Å². The zero-order valence-corrected chi connectivity index (χ0v) is 9.45. The van der Waals surface area contributed by atoms with Gasteiger partial charge in [0.1, 0.15) is 5.52 Å². The molecule has 0 saturated heterocycles. The molecule has 0 aliphatic rings. The quantitative estimate of drug-likeness (QED) is 0.424. The van der Waals surface area contributed by atoms with Crippen LogP contribution < -0.4 is 0 Å². The van der Waals surface area contributed by atoms with Gasteiger partial charge in [-0.3, -0.25) is 0 Å². The van der Waals surface area contributed by atoms with Crippen molar-refractivity contribution in [1.29, 1.82) is 0 Å². The van der Waals surface area contributed by atoms with Gasteiger partial charge in [-0.1, -0.05) is 47.6 Å². The van der Waals surface area contributed by atoms with E-state index in [1.165, 1.54) is 0 Å². The highest BCUT2D eigenvalue weighted by Crippen LogP contribution is 2.17. The summed E-state index contributed by atoms with van der Waals surface area (Å²) in [5, 5.41) is 12.4. The van der Waals surface area contributed by atoms with Crippen LogP contribution in [-0.4, -0.2) is 15.9 Å². The summed E-state index contributed by atoms with van der Waals surface area (Å²) in [6, 6.07) is 16.7. The molecule has 88 valence electrons. The van der Waals surface area contributed by atoms with Gasteiger partial charge in [0.2, 0.25) is 5.89 Å². The molecule has 0 amide bonds. The van der Waals surface area contributed by atoms with Gasteiger partial charge in [-0.2, -0.15) is 0 Å². The summed E-state index contributed by atoms with van der Waals surface area (Å²) in [5.74, 6) is 0.310. The van der Waals surface area contributed by atoms with Gasteiger partial charge in [-0.15, -0.1) is 0 Å². The van der Waals surface area contributed by atoms with Crippen LogP contribution in [0.4, 0.5) is 0 Å². The highest BCUT2D eigenvalue weighted by Gasteiger charge is 2.14. The predicted octanol–water partition coefficient (Wildman–Crippen LogP) is 3.05. The number of oxazole rings is 1. The number of hydrogen-bond acceptors (Lipinski definition) is 4. The first-order chi connectivity index (χ1) is 8.88. The maximum atomic E-state index is 9.15. The number of para-hydroxylation sites is 2. The SMILES string of the molecule is ON=C(c1ccccc1)c1nc2ccccc2o1. The van der Waals surface area contributed by atoms with Crippen LogP contribution in [0, 0.1) is 0 Å². The Kier molecular flexibility index (Phi) is 2.53. The fourth-order valence-electron chi connectivity index (χ4n) is 1.79. The van der Waals surface area contributed by atoms with Gasteiger partial charge in [0.25, 0.3) is 0 Å². The predicted molar refractivity (Wildman–Crippen MR) is 67.9 cm³/mol. The zero-order chi connectivity index (χ0) is 12.4. The van der Waals surface area contributed by atoms with Crippen molar-refractivity contribution in [2.75, 3.05) is 0 Å². The van der Waals surface area contributed by atoms with Crippen LogP contribution >= 0.6 is 0 Å². The first-order valence-corrected chi connectivity index (χ1v) is 5.52. The zero-order valence-electron chi connectivity index (χ0n) is 9.45. The average Bonchev–Trinajstić information content (AvgIpc) is 2.84. The van der Waals surface area contributed by atoms with E-state index in [2.05, 4.69) is 10.1 Å². The molecule has 0 bridgehead atoms. The molecule has 0 radical (unpaired) electrons. The third-order valence-electron chi connectivity index (χ3n) is 2.64. The van der Waals surface area contributed by atoms with Gasteiger partial charge in [0.05, 0.1) is 0 Å². The van der Waals surface area contributed by atoms with E-state index >= 15 is 0 Å². The molecule has 0 aliphatic heterocycles. The van der Waals surface area contributed by atoms with E-state index in [0.717, 1.165) is 11.1 Å². The van der Waals surface area contributed by atoms with Crippen LogP contribution in [0.5, 0.6) is 0 Å². The number of hydrogen-bond donors (Lipinski definition) is 1. The minimum atomic E-state index is 0.310. The lowest BCUT2D eigenvalue weighted by Crippen LogP contribution is -2.03. The van der Waals surface area contributed by atoms with Crippen LogP contribution in [0.3, 0.4) is 0 Å². The number of fused-ring (bicyclic) bond motifs is 1. The third kappa shape index (κ3) is 1.73. The van der Waals surface area contributed by atoms with Gasteiger partial charge in [-0.25, -0.2) is 4.98 Å². The molecule has 1 heterocycles. The molecule has 18 heavy (non-hydrogen) atoms. The van der Waals surface area contributed by atoms with Crippen molar-refractivity contribution in [1.82, 2.24) is 4.98 Å². The Morgan fingerprint density at radius 3 is 2.44 bits per heavy atom. The number of aromatic nitrogens is 1. The van der Waals surface area contributed by atoms with E-state index in [1.54, 1.807) is 0 Å². The van der Waals surface area contributed by atoms with Crippen molar-refractivity contribution in [3.05, 3.63) is 66.1 Å². The van der Waals surface area contributed by atoms with Crippen molar-refractivity contribution >= 4 is 16.8 Å². The molecule has 1 N–H and O–H groups in total. The fourth-order valence-corrected chi connectivity index (χ4v) is 1.79. The number of oxime groups is 1. The molecule has 3 rings (SSSR count). The van der Waals surface area contributed by atoms with Gasteiger partial charge >= 0.3 is 0 Å². The van der Waals surface area contributed by atoms with Crippen molar-refractivity contribution < 1.29 is 9.62 Å². The molecule has 0 spiro atoms. The Morgan fingerprint density at radius 2 is 1.72 bits per heavy atom. The molecule has 3 aromatic rings. The molecule has 4 heteroatoms. The standard InChI is InChI=1S/C14H10N2O2/c17-16-13(10-6-2-1-3-7-10)14-15-11-8-4-5-9-12(11)18-14/h1-9,17H. The molecule has 4 nitrogen and oxygen atoms in total. The summed E-state index contributed by atoms with van der Waals surface area (Å²) < 4.78 is 5.57. The van der Waals surface area contributed by atoms with E-state index in [1.807, 2.05) is 54.6 Å². The molecule has 0 unspecified atom stereocenters. The van der Waals surface area contributed by atoms with E-state index in [4.69, 9.17) is 9.62 Å². The van der Waals surface area contributed by atoms with E-state index in [9.17, 15) is 0 Å². The third-order valence-corrected chi connectivity index (χ3v) is 2.64. The second kappa shape index (κ2) is 4.33. The minimum Gasteiger partial charge on any atom is -0.435 e. The van der Waals surface area contributed by atoms with Crippen LogP contribution in [0.2, 0.25) is 0 Å². The second-order valence-corrected chi connectivity index (χ2v) is 3.80. The van der Waals surface area contributed by atoms with Crippen molar-refractivity contribution in [3.63, 3.8) is 0 Å². The van der Waals surface area contributed by atoms with Crippen molar-refractivity contribution in [3.8, 4) is 0 Å². The molecule has 0 saturated carbocycles. The monoisotopic (exact) mass is 238 g/mol. The summed E-state index contributed by atoms with van der Waals surface area (Å²) in [6.07, 6.45) is 0. The number of rotatable bonds is 2. The fraction of sp³-hybridized carbons (Fsp3) is 0. The van der Waals surface area contributed by atoms with E-state index in [-0.39, 0.29) is 0 Å². The minimum absolute atomic E-state index is 0.310. The van der Waals surface area contributed by atoms with Gasteiger partial charge in [0.15, 0.2) is 11.3 Å². The molecular formula is C14H10N2O2. The van der Waals surface area contributed by atoms with Crippen LogP contribution in [-0.2, 0) is 0 Å². The number of nitrogens with zero attached hydrogens (tertiary/aromatic N) is 2. The Hall–Kier alpha value is -2.62. The van der Waals surface area contributed by atoms with E-state index in [0.29, 0.717) is 17.2 Å². The largest absolute Gasteiger partial charge is 0.435 e. The summed E-state index contributed by atoms with van der Waals surface area (Å²) in [5.41, 5.74) is 2.49. The molecule has 0 fully saturated rings. The topological polar surface area (TPSA) is 58.6 Å². The first-order valence-electron chi connectivity index (χ1n) is 5.52. The summed E-state index contributed by atoms with van der Waals surface area (Å²) in [7, 11) is 0. The van der Waals surface area contributed by atoms with Gasteiger partial charge in [-0.05, 0) is 12.1 Å². The maximum absolute atomic E-state index is 9.15. The summed E-state index contributed by atoms with van der Waals surface area (Å²) in [4.78, 5) is 4.30. The highest BCUT2D eigenvalue weighted by atomic mass is 16.4. The Morgan fingerprint density at radius 1 is 1.00 bits per heavy atom. The first kappa shape index (κ1) is 10.5. The summed E-state index contributed by atoms with van der Waals surface area (Å²) in [6.45, 7) is 0. The Labute approximate surface area is 103 Å².